The van der Waals surface area contributed by atoms with Gasteiger partial charge in [0.15, 0.2) is 0 Å². The van der Waals surface area contributed by atoms with Gasteiger partial charge in [-0.15, -0.1) is 10.2 Å². The van der Waals surface area contributed by atoms with E-state index in [0.717, 1.165) is 28.1 Å². The van der Waals surface area contributed by atoms with Crippen LogP contribution in [0, 0.1) is 25.2 Å². The lowest BCUT2D eigenvalue weighted by atomic mass is 10.1. The minimum Gasteiger partial charge on any atom is -0.310 e. The molecule has 31 heavy (non-hydrogen) atoms. The number of aromatic nitrogens is 4. The topological polar surface area (TPSA) is 87.7 Å². The number of nitriles is 1. The second kappa shape index (κ2) is 8.95. The van der Waals surface area contributed by atoms with Crippen molar-refractivity contribution in [3.63, 3.8) is 0 Å². The van der Waals surface area contributed by atoms with Gasteiger partial charge in [0, 0.05) is 17.8 Å². The number of rotatable bonds is 6. The highest BCUT2D eigenvalue weighted by molar-refractivity contribution is 5.93. The zero-order valence-corrected chi connectivity index (χ0v) is 16.9. The summed E-state index contributed by atoms with van der Waals surface area (Å²) < 4.78 is 38.8. The van der Waals surface area contributed by atoms with E-state index >= 15 is 0 Å². The number of anilines is 1. The molecule has 0 saturated carbocycles. The number of alkyl halides is 3. The van der Waals surface area contributed by atoms with Gasteiger partial charge in [-0.25, -0.2) is 0 Å². The van der Waals surface area contributed by atoms with E-state index in [1.54, 1.807) is 6.07 Å². The van der Waals surface area contributed by atoms with E-state index in [1.807, 2.05) is 32.0 Å². The van der Waals surface area contributed by atoms with Gasteiger partial charge >= 0.3 is 6.18 Å². The molecule has 3 aromatic rings. The van der Waals surface area contributed by atoms with Crippen LogP contribution in [0.2, 0.25) is 0 Å². The molecule has 0 unspecified atom stereocenters. The minimum absolute atomic E-state index is 0.0198. The largest absolute Gasteiger partial charge is 0.416 e. The second-order valence-electron chi connectivity index (χ2n) is 6.94. The molecule has 3 rings (SSSR count). The number of hydrogen-bond donors (Lipinski definition) is 0. The molecule has 0 aliphatic rings. The summed E-state index contributed by atoms with van der Waals surface area (Å²) in [5.74, 6) is -0.389. The van der Waals surface area contributed by atoms with Crippen LogP contribution in [0.1, 0.15) is 23.1 Å². The lowest BCUT2D eigenvalue weighted by Gasteiger charge is -2.22. The Morgan fingerprint density at radius 3 is 2.61 bits per heavy atom. The fourth-order valence-electron chi connectivity index (χ4n) is 2.92. The predicted octanol–water partition coefficient (Wildman–Crippen LogP) is 3.92. The molecular formula is C21H19F3N6O. The Labute approximate surface area is 176 Å². The van der Waals surface area contributed by atoms with Crippen LogP contribution in [0.3, 0.4) is 0 Å². The third-order valence-corrected chi connectivity index (χ3v) is 4.73. The third-order valence-electron chi connectivity index (χ3n) is 4.73. The van der Waals surface area contributed by atoms with Gasteiger partial charge in [-0.3, -0.25) is 4.79 Å². The summed E-state index contributed by atoms with van der Waals surface area (Å²) in [6, 6.07) is 12.1. The van der Waals surface area contributed by atoms with E-state index in [1.165, 1.54) is 17.0 Å². The Kier molecular flexibility index (Phi) is 6.34. The molecule has 0 aliphatic carbocycles. The van der Waals surface area contributed by atoms with Gasteiger partial charge < -0.3 is 4.90 Å². The van der Waals surface area contributed by atoms with E-state index in [4.69, 9.17) is 5.26 Å². The normalized spacial score (nSPS) is 11.2. The molecule has 1 heterocycles. The van der Waals surface area contributed by atoms with E-state index in [0.29, 0.717) is 5.69 Å². The predicted molar refractivity (Wildman–Crippen MR) is 107 cm³/mol. The van der Waals surface area contributed by atoms with Crippen LogP contribution in [0.15, 0.2) is 42.5 Å². The zero-order valence-electron chi connectivity index (χ0n) is 16.9. The number of hydrogen-bond acceptors (Lipinski definition) is 5. The van der Waals surface area contributed by atoms with E-state index < -0.39 is 11.7 Å². The van der Waals surface area contributed by atoms with Gasteiger partial charge in [-0.1, -0.05) is 18.2 Å². The van der Waals surface area contributed by atoms with Crippen molar-refractivity contribution in [3.05, 3.63) is 59.2 Å². The summed E-state index contributed by atoms with van der Waals surface area (Å²) in [6.07, 6.45) is -4.35. The van der Waals surface area contributed by atoms with Gasteiger partial charge in [0.05, 0.1) is 18.1 Å². The van der Waals surface area contributed by atoms with E-state index in [9.17, 15) is 18.0 Å². The number of tetrazole rings is 1. The average Bonchev–Trinajstić information content (AvgIpc) is 3.19. The molecule has 0 N–H and O–H groups in total. The van der Waals surface area contributed by atoms with Crippen molar-refractivity contribution in [1.29, 1.82) is 5.26 Å². The number of benzene rings is 2. The third kappa shape index (κ3) is 5.25. The Hall–Kier alpha value is -3.74. The highest BCUT2D eigenvalue weighted by atomic mass is 19.4. The second-order valence-corrected chi connectivity index (χ2v) is 6.94. The number of carbonyl (C=O) groups is 1. The SMILES string of the molecule is Cc1ccc(N(CCC#N)C(=O)Cn2nnc(-c3cccc(C(F)(F)F)c3)n2)cc1C. The molecule has 0 aliphatic heterocycles. The summed E-state index contributed by atoms with van der Waals surface area (Å²) in [7, 11) is 0. The Morgan fingerprint density at radius 2 is 1.94 bits per heavy atom. The number of carbonyl (C=O) groups excluding carboxylic acids is 1. The highest BCUT2D eigenvalue weighted by Crippen LogP contribution is 2.31. The van der Waals surface area contributed by atoms with Crippen LogP contribution in [0.4, 0.5) is 18.9 Å². The first-order valence-electron chi connectivity index (χ1n) is 9.39. The smallest absolute Gasteiger partial charge is 0.310 e. The monoisotopic (exact) mass is 428 g/mol. The number of aryl methyl sites for hydroxylation is 2. The van der Waals surface area contributed by atoms with Gasteiger partial charge in [0.25, 0.3) is 5.91 Å². The molecule has 2 aromatic carbocycles. The maximum Gasteiger partial charge on any atom is 0.416 e. The quantitative estimate of drug-likeness (QED) is 0.594. The lowest BCUT2D eigenvalue weighted by molar-refractivity contribution is -0.137. The molecule has 160 valence electrons. The molecular weight excluding hydrogens is 409 g/mol. The molecule has 10 heteroatoms. The van der Waals surface area contributed by atoms with Gasteiger partial charge in [-0.05, 0) is 54.5 Å². The van der Waals surface area contributed by atoms with Crippen LogP contribution in [0.5, 0.6) is 0 Å². The molecule has 0 fully saturated rings. The van der Waals surface area contributed by atoms with Crippen molar-refractivity contribution in [2.75, 3.05) is 11.4 Å². The number of amides is 1. The van der Waals surface area contributed by atoms with Gasteiger partial charge in [0.2, 0.25) is 5.82 Å². The molecule has 7 nitrogen and oxygen atoms in total. The van der Waals surface area contributed by atoms with Gasteiger partial charge in [0.1, 0.15) is 6.54 Å². The van der Waals surface area contributed by atoms with Crippen LogP contribution in [-0.4, -0.2) is 32.7 Å². The maximum absolute atomic E-state index is 12.9. The number of halogens is 3. The number of nitrogens with zero attached hydrogens (tertiary/aromatic N) is 6. The fourth-order valence-corrected chi connectivity index (χ4v) is 2.92. The Bertz CT molecular complexity index is 1130. The van der Waals surface area contributed by atoms with Crippen molar-refractivity contribution in [2.45, 2.75) is 33.0 Å². The first kappa shape index (κ1) is 22.0. The molecule has 0 radical (unpaired) electrons. The first-order valence-corrected chi connectivity index (χ1v) is 9.39. The summed E-state index contributed by atoms with van der Waals surface area (Å²) >= 11 is 0. The molecule has 0 atom stereocenters. The van der Waals surface area contributed by atoms with Crippen molar-refractivity contribution in [2.24, 2.45) is 0 Å². The van der Waals surface area contributed by atoms with Crippen LogP contribution in [-0.2, 0) is 17.5 Å². The Balaban J connectivity index is 1.81. The van der Waals surface area contributed by atoms with Crippen molar-refractivity contribution < 1.29 is 18.0 Å². The minimum atomic E-state index is -4.49. The summed E-state index contributed by atoms with van der Waals surface area (Å²) in [5.41, 5.74) is 2.03. The summed E-state index contributed by atoms with van der Waals surface area (Å²) in [5, 5.41) is 20.5. The van der Waals surface area contributed by atoms with Crippen LogP contribution < -0.4 is 4.90 Å². The van der Waals surface area contributed by atoms with Crippen molar-refractivity contribution in [1.82, 2.24) is 20.2 Å². The molecule has 0 spiro atoms. The highest BCUT2D eigenvalue weighted by Gasteiger charge is 2.30. The maximum atomic E-state index is 12.9. The first-order chi connectivity index (χ1) is 14.7. The van der Waals surface area contributed by atoms with Crippen LogP contribution in [0.25, 0.3) is 11.4 Å². The lowest BCUT2D eigenvalue weighted by Crippen LogP contribution is -2.35. The average molecular weight is 428 g/mol. The molecule has 0 bridgehead atoms. The van der Waals surface area contributed by atoms with Gasteiger partial charge in [-0.2, -0.15) is 23.2 Å². The standard InChI is InChI=1S/C21H19F3N6O/c1-14-7-8-18(11-15(14)2)29(10-4-9-25)19(31)13-30-27-20(26-28-30)16-5-3-6-17(12-16)21(22,23)24/h3,5-8,11-12H,4,10,13H2,1-2H3. The van der Waals surface area contributed by atoms with Crippen LogP contribution >= 0.6 is 0 Å². The molecule has 0 saturated heterocycles. The van der Waals surface area contributed by atoms with E-state index in [-0.39, 0.29) is 36.8 Å². The summed E-state index contributed by atoms with van der Waals surface area (Å²) in [4.78, 5) is 15.4. The van der Waals surface area contributed by atoms with Crippen molar-refractivity contribution >= 4 is 11.6 Å². The molecule has 1 aromatic heterocycles. The Morgan fingerprint density at radius 1 is 1.16 bits per heavy atom. The van der Waals surface area contributed by atoms with Crippen molar-refractivity contribution in [3.8, 4) is 17.5 Å². The van der Waals surface area contributed by atoms with E-state index in [2.05, 4.69) is 15.4 Å². The zero-order chi connectivity index (χ0) is 22.6. The summed E-state index contributed by atoms with van der Waals surface area (Å²) in [6.45, 7) is 3.79. The molecule has 1 amide bonds. The fraction of sp³-hybridized carbons (Fsp3) is 0.286.